The molecule has 4 fully saturated rings. The van der Waals surface area contributed by atoms with Gasteiger partial charge in [0.15, 0.2) is 0 Å². The van der Waals surface area contributed by atoms with Crippen LogP contribution in [0.15, 0.2) is 30.6 Å². The quantitative estimate of drug-likeness (QED) is 0.645. The Morgan fingerprint density at radius 3 is 2.45 bits per heavy atom. The van der Waals surface area contributed by atoms with Crippen LogP contribution in [0.3, 0.4) is 0 Å². The summed E-state index contributed by atoms with van der Waals surface area (Å²) in [7, 11) is 5.74. The molecule has 33 heavy (non-hydrogen) atoms. The minimum atomic E-state index is 0.00777. The average Bonchev–Trinajstić information content (AvgIpc) is 3.11. The van der Waals surface area contributed by atoms with Gasteiger partial charge in [0.25, 0.3) is 5.91 Å². The van der Waals surface area contributed by atoms with Gasteiger partial charge in [-0.25, -0.2) is 9.97 Å². The van der Waals surface area contributed by atoms with Crippen molar-refractivity contribution in [1.29, 1.82) is 0 Å². The first-order valence-corrected chi connectivity index (χ1v) is 11.7. The van der Waals surface area contributed by atoms with Crippen molar-refractivity contribution >= 4 is 34.4 Å². The molecule has 9 heteroatoms. The zero-order valence-electron chi connectivity index (χ0n) is 19.5. The number of anilines is 3. The molecule has 2 bridgehead atoms. The highest BCUT2D eigenvalue weighted by Gasteiger charge is 2.59. The summed E-state index contributed by atoms with van der Waals surface area (Å²) in [6, 6.07) is 6.00. The molecule has 0 spiro atoms. The van der Waals surface area contributed by atoms with Crippen molar-refractivity contribution < 1.29 is 4.79 Å². The smallest absolute Gasteiger partial charge is 0.270 e. The number of piperazine rings is 1. The van der Waals surface area contributed by atoms with Crippen molar-refractivity contribution in [3.63, 3.8) is 0 Å². The highest BCUT2D eigenvalue weighted by Crippen LogP contribution is 2.63. The van der Waals surface area contributed by atoms with Gasteiger partial charge in [-0.05, 0) is 50.4 Å². The molecule has 4 aliphatic rings. The number of nitrogens with one attached hydrogen (secondary N) is 1. The summed E-state index contributed by atoms with van der Waals surface area (Å²) in [5, 5.41) is 4.15. The Morgan fingerprint density at radius 2 is 1.85 bits per heavy atom. The molecule has 1 saturated heterocycles. The Balaban J connectivity index is 1.28. The van der Waals surface area contributed by atoms with Crippen LogP contribution in [-0.4, -0.2) is 82.5 Å². The van der Waals surface area contributed by atoms with Crippen molar-refractivity contribution in [2.45, 2.75) is 24.8 Å². The SMILES string of the molecule is CN1CCN(c2ccc(Nc3ncc4cc(C(=O)N(C)C)n(C56CC(C5)C6)c4n3)nc2)CC1. The van der Waals surface area contributed by atoms with Gasteiger partial charge in [0.1, 0.15) is 17.2 Å². The summed E-state index contributed by atoms with van der Waals surface area (Å²) in [5.74, 6) is 2.01. The molecule has 4 heterocycles. The number of nitrogens with zero attached hydrogens (tertiary/aromatic N) is 7. The molecule has 3 aromatic rings. The van der Waals surface area contributed by atoms with E-state index >= 15 is 0 Å². The lowest BCUT2D eigenvalue weighted by atomic mass is 9.49. The number of carbonyl (C=O) groups is 1. The van der Waals surface area contributed by atoms with E-state index in [4.69, 9.17) is 4.98 Å². The average molecular weight is 447 g/mol. The van der Waals surface area contributed by atoms with Gasteiger partial charge in [0.2, 0.25) is 5.95 Å². The zero-order chi connectivity index (χ0) is 22.7. The van der Waals surface area contributed by atoms with Crippen LogP contribution >= 0.6 is 0 Å². The van der Waals surface area contributed by atoms with Crippen LogP contribution in [0.25, 0.3) is 11.0 Å². The molecule has 172 valence electrons. The topological polar surface area (TPSA) is 82.4 Å². The predicted molar refractivity (Wildman–Crippen MR) is 128 cm³/mol. The van der Waals surface area contributed by atoms with E-state index in [1.54, 1.807) is 25.2 Å². The molecule has 3 aromatic heterocycles. The Labute approximate surface area is 193 Å². The van der Waals surface area contributed by atoms with E-state index in [0.717, 1.165) is 68.1 Å². The lowest BCUT2D eigenvalue weighted by Gasteiger charge is -2.62. The fourth-order valence-corrected chi connectivity index (χ4v) is 5.45. The van der Waals surface area contributed by atoms with Crippen LogP contribution in [0.5, 0.6) is 0 Å². The molecule has 0 aromatic carbocycles. The number of hydrogen-bond acceptors (Lipinski definition) is 7. The van der Waals surface area contributed by atoms with E-state index in [9.17, 15) is 4.79 Å². The van der Waals surface area contributed by atoms with Crippen LogP contribution in [0.2, 0.25) is 0 Å². The van der Waals surface area contributed by atoms with Gasteiger partial charge in [0, 0.05) is 57.4 Å². The Hall–Kier alpha value is -3.20. The summed E-state index contributed by atoms with van der Waals surface area (Å²) < 4.78 is 2.18. The third-order valence-electron chi connectivity index (χ3n) is 7.50. The van der Waals surface area contributed by atoms with E-state index in [0.29, 0.717) is 17.5 Å². The van der Waals surface area contributed by atoms with E-state index in [1.807, 2.05) is 18.3 Å². The first kappa shape index (κ1) is 20.4. The maximum Gasteiger partial charge on any atom is 0.270 e. The largest absolute Gasteiger partial charge is 0.368 e. The fourth-order valence-electron chi connectivity index (χ4n) is 5.45. The number of hydrogen-bond donors (Lipinski definition) is 1. The van der Waals surface area contributed by atoms with Crippen molar-refractivity contribution in [2.24, 2.45) is 5.92 Å². The Morgan fingerprint density at radius 1 is 1.09 bits per heavy atom. The van der Waals surface area contributed by atoms with Gasteiger partial charge >= 0.3 is 0 Å². The van der Waals surface area contributed by atoms with Gasteiger partial charge in [-0.3, -0.25) is 4.79 Å². The summed E-state index contributed by atoms with van der Waals surface area (Å²) in [5.41, 5.74) is 2.70. The molecule has 7 rings (SSSR count). The molecule has 0 unspecified atom stereocenters. The van der Waals surface area contributed by atoms with Crippen LogP contribution in [0, 0.1) is 5.92 Å². The maximum absolute atomic E-state index is 12.9. The summed E-state index contributed by atoms with van der Waals surface area (Å²) >= 11 is 0. The van der Waals surface area contributed by atoms with Crippen molar-refractivity contribution in [3.05, 3.63) is 36.3 Å². The molecule has 0 radical (unpaired) electrons. The van der Waals surface area contributed by atoms with Crippen LogP contribution in [-0.2, 0) is 5.54 Å². The van der Waals surface area contributed by atoms with Crippen LogP contribution < -0.4 is 10.2 Å². The molecule has 9 nitrogen and oxygen atoms in total. The first-order valence-electron chi connectivity index (χ1n) is 11.7. The second-order valence-corrected chi connectivity index (χ2v) is 10.1. The molecular formula is C24H30N8O. The molecular weight excluding hydrogens is 416 g/mol. The highest BCUT2D eigenvalue weighted by molar-refractivity contribution is 5.98. The highest BCUT2D eigenvalue weighted by atomic mass is 16.2. The number of aromatic nitrogens is 4. The maximum atomic E-state index is 12.9. The van der Waals surface area contributed by atoms with Gasteiger partial charge in [-0.1, -0.05) is 0 Å². The molecule has 1 N–H and O–H groups in total. The van der Waals surface area contributed by atoms with Crippen LogP contribution in [0.4, 0.5) is 17.5 Å². The minimum absolute atomic E-state index is 0.00777. The molecule has 3 saturated carbocycles. The third-order valence-corrected chi connectivity index (χ3v) is 7.50. The number of pyridine rings is 1. The molecule has 1 aliphatic heterocycles. The standard InChI is InChI=1S/C24H30N8O/c1-29(2)22(33)19-10-17-14-26-23(28-21(17)32(19)24-11-16(12-24)13-24)27-20-5-4-18(15-25-20)31-8-6-30(3)7-9-31/h4-5,10,14-16H,6-9,11-13H2,1-3H3,(H,25,26,27,28). The van der Waals surface area contributed by atoms with E-state index in [2.05, 4.69) is 42.8 Å². The van der Waals surface area contributed by atoms with E-state index < -0.39 is 0 Å². The summed E-state index contributed by atoms with van der Waals surface area (Å²) in [4.78, 5) is 33.2. The monoisotopic (exact) mass is 446 g/mol. The summed E-state index contributed by atoms with van der Waals surface area (Å²) in [6.07, 6.45) is 7.11. The number of likely N-dealkylation sites (N-methyl/N-ethyl adjacent to an activating group) is 1. The Bertz CT molecular complexity index is 1190. The Kier molecular flexibility index (Phi) is 4.58. The van der Waals surface area contributed by atoms with Gasteiger partial charge < -0.3 is 24.6 Å². The second kappa shape index (κ2) is 7.41. The second-order valence-electron chi connectivity index (χ2n) is 10.1. The van der Waals surface area contributed by atoms with Gasteiger partial charge in [0.05, 0.1) is 11.9 Å². The fraction of sp³-hybridized carbons (Fsp3) is 0.500. The molecule has 1 amide bonds. The first-order chi connectivity index (χ1) is 15.9. The normalized spacial score (nSPS) is 24.3. The van der Waals surface area contributed by atoms with Gasteiger partial charge in [-0.15, -0.1) is 0 Å². The predicted octanol–water partition coefficient (Wildman–Crippen LogP) is 2.53. The van der Waals surface area contributed by atoms with Gasteiger partial charge in [-0.2, -0.15) is 4.98 Å². The lowest BCUT2D eigenvalue weighted by molar-refractivity contribution is -0.0870. The summed E-state index contributed by atoms with van der Waals surface area (Å²) in [6.45, 7) is 4.15. The number of carbonyl (C=O) groups excluding carboxylic acids is 1. The van der Waals surface area contributed by atoms with Crippen molar-refractivity contribution in [3.8, 4) is 0 Å². The number of amides is 1. The lowest BCUT2D eigenvalue weighted by Crippen LogP contribution is -2.60. The van der Waals surface area contributed by atoms with E-state index in [-0.39, 0.29) is 11.4 Å². The number of fused-ring (bicyclic) bond motifs is 1. The van der Waals surface area contributed by atoms with E-state index in [1.165, 1.54) is 0 Å². The molecule has 0 atom stereocenters. The molecule has 3 aliphatic carbocycles. The van der Waals surface area contributed by atoms with Crippen LogP contribution in [0.1, 0.15) is 29.8 Å². The minimum Gasteiger partial charge on any atom is -0.368 e. The zero-order valence-corrected chi connectivity index (χ0v) is 19.5. The van der Waals surface area contributed by atoms with Crippen molar-refractivity contribution in [2.75, 3.05) is 57.5 Å². The third kappa shape index (κ3) is 3.33. The number of rotatable bonds is 5. The van der Waals surface area contributed by atoms with Crippen molar-refractivity contribution in [1.82, 2.24) is 29.3 Å².